The number of thioether (sulfide) groups is 1. The Bertz CT molecular complexity index is 720. The third kappa shape index (κ3) is 5.86. The van der Waals surface area contributed by atoms with Gasteiger partial charge in [-0.3, -0.25) is 10.1 Å². The zero-order valence-electron chi connectivity index (χ0n) is 13.2. The number of aromatic nitrogens is 2. The van der Waals surface area contributed by atoms with E-state index < -0.39 is 11.9 Å². The normalized spacial score (nSPS) is 10.7. The first-order chi connectivity index (χ1) is 11.4. The average Bonchev–Trinajstić information content (AvgIpc) is 3.00. The van der Waals surface area contributed by atoms with Crippen molar-refractivity contribution >= 4 is 35.3 Å². The Morgan fingerprint density at radius 3 is 2.83 bits per heavy atom. The summed E-state index contributed by atoms with van der Waals surface area (Å²) in [5, 5.41) is 13.4. The van der Waals surface area contributed by atoms with Crippen molar-refractivity contribution in [3.8, 4) is 11.5 Å². The van der Waals surface area contributed by atoms with Gasteiger partial charge in [0.05, 0.1) is 5.75 Å². The minimum absolute atomic E-state index is 0.00766. The maximum absolute atomic E-state index is 11.7. The van der Waals surface area contributed by atoms with Crippen LogP contribution in [0.3, 0.4) is 0 Å². The quantitative estimate of drug-likeness (QED) is 0.761. The van der Waals surface area contributed by atoms with Crippen LogP contribution in [-0.4, -0.2) is 34.4 Å². The van der Waals surface area contributed by atoms with Crippen molar-refractivity contribution in [2.45, 2.75) is 19.1 Å². The lowest BCUT2D eigenvalue weighted by atomic mass is 10.2. The summed E-state index contributed by atoms with van der Waals surface area (Å²) in [6.07, 6.45) is 0. The maximum atomic E-state index is 11.7. The van der Waals surface area contributed by atoms with Gasteiger partial charge in [-0.25, -0.2) is 4.79 Å². The number of carbonyl (C=O) groups is 2. The summed E-state index contributed by atoms with van der Waals surface area (Å²) in [6.45, 7) is 4.43. The Labute approximate surface area is 148 Å². The van der Waals surface area contributed by atoms with Crippen LogP contribution in [-0.2, 0) is 4.79 Å². The lowest BCUT2D eigenvalue weighted by molar-refractivity contribution is -0.117. The van der Waals surface area contributed by atoms with Crippen molar-refractivity contribution in [1.29, 1.82) is 0 Å². The molecule has 0 saturated heterocycles. The molecule has 7 nitrogen and oxygen atoms in total. The zero-order valence-corrected chi connectivity index (χ0v) is 14.8. The number of benzene rings is 1. The molecule has 0 aliphatic carbocycles. The smallest absolute Gasteiger partial charge is 0.321 e. The van der Waals surface area contributed by atoms with E-state index in [1.165, 1.54) is 0 Å². The standard InChI is InChI=1S/C15H17ClN4O3S/c1-9(2)7-17-14(22)18-12(21)8-24-15-20-19-13(23-15)10-4-3-5-11(16)6-10/h3-6,9H,7-8H2,1-2H3,(H2,17,18,21,22). The second-order valence-electron chi connectivity index (χ2n) is 5.32. The number of nitrogens with zero attached hydrogens (tertiary/aromatic N) is 2. The molecule has 0 unspecified atom stereocenters. The van der Waals surface area contributed by atoms with E-state index in [1.807, 2.05) is 13.8 Å². The number of rotatable bonds is 6. The van der Waals surface area contributed by atoms with Crippen LogP contribution in [0.2, 0.25) is 5.02 Å². The lowest BCUT2D eigenvalue weighted by Gasteiger charge is -2.07. The molecular weight excluding hydrogens is 352 g/mol. The monoisotopic (exact) mass is 368 g/mol. The van der Waals surface area contributed by atoms with Crippen LogP contribution in [0.25, 0.3) is 11.5 Å². The molecule has 0 aliphatic rings. The highest BCUT2D eigenvalue weighted by molar-refractivity contribution is 7.99. The molecule has 0 atom stereocenters. The highest BCUT2D eigenvalue weighted by Gasteiger charge is 2.13. The second-order valence-corrected chi connectivity index (χ2v) is 6.69. The first-order valence-corrected chi connectivity index (χ1v) is 8.60. The van der Waals surface area contributed by atoms with Crippen LogP contribution in [0, 0.1) is 5.92 Å². The van der Waals surface area contributed by atoms with Crippen LogP contribution < -0.4 is 10.6 Å². The fourth-order valence-electron chi connectivity index (χ4n) is 1.64. The number of amides is 3. The summed E-state index contributed by atoms with van der Waals surface area (Å²) in [7, 11) is 0. The van der Waals surface area contributed by atoms with Crippen molar-refractivity contribution in [2.24, 2.45) is 5.92 Å². The summed E-state index contributed by atoms with van der Waals surface area (Å²) in [5.74, 6) is 0.175. The molecule has 1 aromatic heterocycles. The van der Waals surface area contributed by atoms with E-state index >= 15 is 0 Å². The molecule has 2 N–H and O–H groups in total. The predicted molar refractivity (Wildman–Crippen MR) is 91.8 cm³/mol. The maximum Gasteiger partial charge on any atom is 0.321 e. The summed E-state index contributed by atoms with van der Waals surface area (Å²) in [6, 6.07) is 6.50. The number of halogens is 1. The van der Waals surface area contributed by atoms with Gasteiger partial charge in [0, 0.05) is 17.1 Å². The second kappa shape index (κ2) is 8.70. The van der Waals surface area contributed by atoms with Gasteiger partial charge in [0.15, 0.2) is 0 Å². The van der Waals surface area contributed by atoms with Gasteiger partial charge in [0.2, 0.25) is 11.8 Å². The molecule has 3 amide bonds. The van der Waals surface area contributed by atoms with Gasteiger partial charge in [-0.2, -0.15) is 0 Å². The van der Waals surface area contributed by atoms with Crippen LogP contribution in [0.15, 0.2) is 33.9 Å². The van der Waals surface area contributed by atoms with E-state index in [-0.39, 0.29) is 11.0 Å². The van der Waals surface area contributed by atoms with E-state index in [0.29, 0.717) is 28.9 Å². The first-order valence-electron chi connectivity index (χ1n) is 7.24. The molecule has 1 aromatic carbocycles. The fourth-order valence-corrected chi connectivity index (χ4v) is 2.39. The Hall–Kier alpha value is -2.06. The number of carbonyl (C=O) groups excluding carboxylic acids is 2. The minimum Gasteiger partial charge on any atom is -0.411 e. The van der Waals surface area contributed by atoms with Crippen LogP contribution >= 0.6 is 23.4 Å². The number of imide groups is 1. The molecule has 9 heteroatoms. The van der Waals surface area contributed by atoms with Crippen LogP contribution in [0.1, 0.15) is 13.8 Å². The third-order valence-corrected chi connectivity index (χ3v) is 3.78. The number of nitrogens with one attached hydrogen (secondary N) is 2. The molecule has 0 aliphatic heterocycles. The van der Waals surface area contributed by atoms with Crippen LogP contribution in [0.4, 0.5) is 4.79 Å². The molecule has 0 spiro atoms. The van der Waals surface area contributed by atoms with Gasteiger partial charge < -0.3 is 9.73 Å². The average molecular weight is 369 g/mol. The molecule has 0 bridgehead atoms. The van der Waals surface area contributed by atoms with E-state index in [9.17, 15) is 9.59 Å². The summed E-state index contributed by atoms with van der Waals surface area (Å²) in [5.41, 5.74) is 0.694. The van der Waals surface area contributed by atoms with E-state index in [1.54, 1.807) is 24.3 Å². The number of hydrogen-bond donors (Lipinski definition) is 2. The minimum atomic E-state index is -0.514. The van der Waals surface area contributed by atoms with Gasteiger partial charge >= 0.3 is 6.03 Å². The number of hydrogen-bond acceptors (Lipinski definition) is 6. The molecule has 0 radical (unpaired) electrons. The Morgan fingerprint density at radius 2 is 2.12 bits per heavy atom. The van der Waals surface area contributed by atoms with Gasteiger partial charge in [0.25, 0.3) is 5.22 Å². The lowest BCUT2D eigenvalue weighted by Crippen LogP contribution is -2.41. The molecule has 24 heavy (non-hydrogen) atoms. The van der Waals surface area contributed by atoms with Crippen molar-refractivity contribution in [1.82, 2.24) is 20.8 Å². The largest absolute Gasteiger partial charge is 0.411 e. The van der Waals surface area contributed by atoms with Crippen molar-refractivity contribution in [2.75, 3.05) is 12.3 Å². The van der Waals surface area contributed by atoms with Crippen LogP contribution in [0.5, 0.6) is 0 Å². The molecule has 128 valence electrons. The summed E-state index contributed by atoms with van der Waals surface area (Å²) in [4.78, 5) is 23.2. The molecule has 2 aromatic rings. The molecule has 1 heterocycles. The van der Waals surface area contributed by atoms with Gasteiger partial charge in [-0.15, -0.1) is 10.2 Å². The van der Waals surface area contributed by atoms with Gasteiger partial charge in [-0.1, -0.05) is 43.3 Å². The van der Waals surface area contributed by atoms with E-state index in [0.717, 1.165) is 11.8 Å². The fraction of sp³-hybridized carbons (Fsp3) is 0.333. The van der Waals surface area contributed by atoms with Crippen molar-refractivity contribution in [3.05, 3.63) is 29.3 Å². The first kappa shape index (κ1) is 18.3. The molecule has 0 saturated carbocycles. The van der Waals surface area contributed by atoms with Gasteiger partial charge in [0.1, 0.15) is 0 Å². The molecular formula is C15H17ClN4O3S. The van der Waals surface area contributed by atoms with E-state index in [2.05, 4.69) is 20.8 Å². The third-order valence-electron chi connectivity index (χ3n) is 2.73. The van der Waals surface area contributed by atoms with Gasteiger partial charge in [-0.05, 0) is 24.1 Å². The topological polar surface area (TPSA) is 97.1 Å². The Kier molecular flexibility index (Phi) is 6.62. The zero-order chi connectivity index (χ0) is 17.5. The highest BCUT2D eigenvalue weighted by Crippen LogP contribution is 2.24. The summed E-state index contributed by atoms with van der Waals surface area (Å²) < 4.78 is 5.46. The Morgan fingerprint density at radius 1 is 1.33 bits per heavy atom. The molecule has 0 fully saturated rings. The highest BCUT2D eigenvalue weighted by atomic mass is 35.5. The van der Waals surface area contributed by atoms with Crippen molar-refractivity contribution in [3.63, 3.8) is 0 Å². The van der Waals surface area contributed by atoms with E-state index in [4.69, 9.17) is 16.0 Å². The summed E-state index contributed by atoms with van der Waals surface area (Å²) >= 11 is 6.96. The predicted octanol–water partition coefficient (Wildman–Crippen LogP) is 2.96. The Balaban J connectivity index is 1.82. The SMILES string of the molecule is CC(C)CNC(=O)NC(=O)CSc1nnc(-c2cccc(Cl)c2)o1. The molecule has 2 rings (SSSR count). The van der Waals surface area contributed by atoms with Crippen molar-refractivity contribution < 1.29 is 14.0 Å². The number of urea groups is 1.